The fourth-order valence-corrected chi connectivity index (χ4v) is 7.67. The van der Waals surface area contributed by atoms with Crippen LogP contribution in [0.4, 0.5) is 0 Å². The predicted octanol–water partition coefficient (Wildman–Crippen LogP) is 6.83. The quantitative estimate of drug-likeness (QED) is 0.297. The molecule has 1 aliphatic heterocycles. The van der Waals surface area contributed by atoms with Gasteiger partial charge in [0, 0.05) is 7.05 Å². The van der Waals surface area contributed by atoms with Crippen LogP contribution in [-0.4, -0.2) is 69.0 Å². The van der Waals surface area contributed by atoms with E-state index in [9.17, 15) is 4.79 Å². The van der Waals surface area contributed by atoms with Gasteiger partial charge in [0.2, 0.25) is 0 Å². The molecule has 12 heteroatoms. The van der Waals surface area contributed by atoms with Crippen molar-refractivity contribution in [2.24, 2.45) is 7.05 Å². The molecule has 2 aromatic heterocycles. The Labute approximate surface area is 250 Å². The standard InChI is InChI=1S/C29H56N4O5Si3/c1-27(2,3)39(11,12)35-17-20-22(37-40(13,14)28(4,5)6)23(38-41(15,16)29(7,8)9)26(36-20)33-19-30-21-24(33)31-18-32(10)25(21)34/h18-20,22-23,26H,17H2,1-16H3/t20-,22-,23-,26-/m1/s1. The van der Waals surface area contributed by atoms with Crippen molar-refractivity contribution in [2.75, 3.05) is 6.61 Å². The smallest absolute Gasteiger partial charge is 0.281 e. The number of rotatable bonds is 8. The van der Waals surface area contributed by atoms with Crippen molar-refractivity contribution >= 4 is 36.1 Å². The molecule has 0 spiro atoms. The highest BCUT2D eigenvalue weighted by Gasteiger charge is 2.55. The maximum atomic E-state index is 12.9. The van der Waals surface area contributed by atoms with Crippen molar-refractivity contribution in [2.45, 2.75) is 141 Å². The van der Waals surface area contributed by atoms with Gasteiger partial charge in [0.15, 0.2) is 42.3 Å². The average molecular weight is 625 g/mol. The summed E-state index contributed by atoms with van der Waals surface area (Å²) in [5.41, 5.74) is 0.604. The van der Waals surface area contributed by atoms with Gasteiger partial charge in [-0.1, -0.05) is 62.3 Å². The zero-order chi connectivity index (χ0) is 31.6. The van der Waals surface area contributed by atoms with E-state index in [0.29, 0.717) is 17.8 Å². The molecular formula is C29H56N4O5Si3. The molecule has 234 valence electrons. The van der Waals surface area contributed by atoms with E-state index in [-0.39, 0.29) is 32.9 Å². The van der Waals surface area contributed by atoms with Crippen molar-refractivity contribution in [3.8, 4) is 0 Å². The van der Waals surface area contributed by atoms with Gasteiger partial charge < -0.3 is 22.6 Å². The van der Waals surface area contributed by atoms with E-state index < -0.39 is 37.3 Å². The molecule has 0 N–H and O–H groups in total. The molecule has 0 saturated carbocycles. The number of hydrogen-bond acceptors (Lipinski definition) is 7. The number of aryl methyl sites for hydroxylation is 1. The fraction of sp³-hybridized carbons (Fsp3) is 0.828. The van der Waals surface area contributed by atoms with Crippen LogP contribution < -0.4 is 5.56 Å². The second-order valence-electron chi connectivity index (χ2n) is 16.3. The second-order valence-corrected chi connectivity index (χ2v) is 30.6. The highest BCUT2D eigenvalue weighted by molar-refractivity contribution is 6.75. The van der Waals surface area contributed by atoms with Crippen LogP contribution in [0.15, 0.2) is 17.4 Å². The lowest BCUT2D eigenvalue weighted by atomic mass is 10.1. The van der Waals surface area contributed by atoms with Crippen molar-refractivity contribution < 1.29 is 18.0 Å². The summed E-state index contributed by atoms with van der Waals surface area (Å²) >= 11 is 0. The Hall–Kier alpha value is -1.16. The fourth-order valence-electron chi connectivity index (χ4n) is 4.06. The van der Waals surface area contributed by atoms with E-state index in [2.05, 4.69) is 112 Å². The zero-order valence-electron chi connectivity index (χ0n) is 28.5. The Bertz CT molecular complexity index is 1280. The first-order valence-corrected chi connectivity index (χ1v) is 23.6. The van der Waals surface area contributed by atoms with Crippen molar-refractivity contribution in [3.63, 3.8) is 0 Å². The molecule has 1 aliphatic rings. The van der Waals surface area contributed by atoms with E-state index in [1.54, 1.807) is 13.4 Å². The first kappa shape index (κ1) is 34.3. The normalized spacial score (nSPS) is 23.5. The largest absolute Gasteiger partial charge is 0.414 e. The number of fused-ring (bicyclic) bond motifs is 1. The van der Waals surface area contributed by atoms with Crippen molar-refractivity contribution in [1.29, 1.82) is 0 Å². The van der Waals surface area contributed by atoms with Crippen LogP contribution in [0, 0.1) is 0 Å². The molecule has 3 rings (SSSR count). The lowest BCUT2D eigenvalue weighted by Crippen LogP contribution is -2.54. The molecule has 0 radical (unpaired) electrons. The van der Waals surface area contributed by atoms with Crippen LogP contribution in [-0.2, 0) is 25.1 Å². The molecule has 0 amide bonds. The van der Waals surface area contributed by atoms with Crippen LogP contribution in [0.3, 0.4) is 0 Å². The van der Waals surface area contributed by atoms with Crippen molar-refractivity contribution in [3.05, 3.63) is 23.0 Å². The van der Waals surface area contributed by atoms with E-state index >= 15 is 0 Å². The Balaban J connectivity index is 2.18. The molecule has 0 unspecified atom stereocenters. The number of ether oxygens (including phenoxy) is 1. The molecule has 2 aromatic rings. The maximum absolute atomic E-state index is 12.9. The topological polar surface area (TPSA) is 89.6 Å². The molecule has 1 fully saturated rings. The molecule has 41 heavy (non-hydrogen) atoms. The lowest BCUT2D eigenvalue weighted by Gasteiger charge is -2.44. The van der Waals surface area contributed by atoms with Gasteiger partial charge in [0.05, 0.1) is 19.3 Å². The van der Waals surface area contributed by atoms with Crippen LogP contribution in [0.25, 0.3) is 11.2 Å². The second kappa shape index (κ2) is 11.1. The summed E-state index contributed by atoms with van der Waals surface area (Å²) in [5, 5.41) is 0.0231. The molecule has 0 aliphatic carbocycles. The summed E-state index contributed by atoms with van der Waals surface area (Å²) in [4.78, 5) is 21.9. The van der Waals surface area contributed by atoms with E-state index in [1.807, 2.05) is 4.57 Å². The monoisotopic (exact) mass is 624 g/mol. The number of hydrogen-bond donors (Lipinski definition) is 0. The zero-order valence-corrected chi connectivity index (χ0v) is 31.5. The molecule has 1 saturated heterocycles. The summed E-state index contributed by atoms with van der Waals surface area (Å²) in [7, 11) is -4.94. The summed E-state index contributed by atoms with van der Waals surface area (Å²) in [6.45, 7) is 34.2. The average Bonchev–Trinajstić information content (AvgIpc) is 3.34. The summed E-state index contributed by atoms with van der Waals surface area (Å²) < 4.78 is 31.4. The minimum absolute atomic E-state index is 0.00703. The van der Waals surface area contributed by atoms with Crippen LogP contribution in [0.2, 0.25) is 54.4 Å². The molecule has 3 heterocycles. The number of aromatic nitrogens is 4. The molecule has 0 bridgehead atoms. The summed E-state index contributed by atoms with van der Waals surface area (Å²) in [6.07, 6.45) is 1.47. The van der Waals surface area contributed by atoms with Crippen LogP contribution >= 0.6 is 0 Å². The Morgan fingerprint density at radius 1 is 0.780 bits per heavy atom. The van der Waals surface area contributed by atoms with Crippen molar-refractivity contribution in [1.82, 2.24) is 19.1 Å². The molecular weight excluding hydrogens is 569 g/mol. The lowest BCUT2D eigenvalue weighted by molar-refractivity contribution is -0.0470. The Kier molecular flexibility index (Phi) is 9.28. The van der Waals surface area contributed by atoms with E-state index in [0.717, 1.165) is 0 Å². The predicted molar refractivity (Wildman–Crippen MR) is 174 cm³/mol. The third-order valence-corrected chi connectivity index (χ3v) is 23.5. The third-order valence-electron chi connectivity index (χ3n) is 10.1. The Morgan fingerprint density at radius 2 is 1.27 bits per heavy atom. The van der Waals surface area contributed by atoms with Gasteiger partial charge in [0.1, 0.15) is 18.3 Å². The molecule has 9 nitrogen and oxygen atoms in total. The van der Waals surface area contributed by atoms with E-state index in [1.165, 1.54) is 10.9 Å². The van der Waals surface area contributed by atoms with Gasteiger partial charge in [-0.25, -0.2) is 9.97 Å². The number of nitrogens with zero attached hydrogens (tertiary/aromatic N) is 4. The van der Waals surface area contributed by atoms with Gasteiger partial charge in [-0.2, -0.15) is 0 Å². The highest BCUT2D eigenvalue weighted by Crippen LogP contribution is 2.46. The molecule has 4 atom stereocenters. The molecule has 0 aromatic carbocycles. The summed E-state index contributed by atoms with van der Waals surface area (Å²) in [5.74, 6) is 0. The first-order chi connectivity index (χ1) is 18.3. The van der Waals surface area contributed by atoms with Gasteiger partial charge in [-0.3, -0.25) is 9.36 Å². The van der Waals surface area contributed by atoms with Gasteiger partial charge >= 0.3 is 0 Å². The first-order valence-electron chi connectivity index (χ1n) is 14.8. The minimum atomic E-state index is -2.29. The van der Waals surface area contributed by atoms with Crippen LogP contribution in [0.1, 0.15) is 68.5 Å². The van der Waals surface area contributed by atoms with Crippen LogP contribution in [0.5, 0.6) is 0 Å². The summed E-state index contributed by atoms with van der Waals surface area (Å²) in [6, 6.07) is 0. The highest BCUT2D eigenvalue weighted by atomic mass is 28.4. The Morgan fingerprint density at radius 3 is 1.76 bits per heavy atom. The SMILES string of the molecule is Cn1cnc2c(ncn2[C@@H]2O[C@H](CO[Si](C)(C)C(C)(C)C)[C@@H](O[Si](C)(C)C(C)(C)C)[C@H]2O[Si](C)(C)C(C)(C)C)c1=O. The van der Waals surface area contributed by atoms with Gasteiger partial charge in [-0.15, -0.1) is 0 Å². The maximum Gasteiger partial charge on any atom is 0.281 e. The van der Waals surface area contributed by atoms with E-state index in [4.69, 9.17) is 18.0 Å². The minimum Gasteiger partial charge on any atom is -0.414 e. The number of imidazole rings is 1. The van der Waals surface area contributed by atoms with Gasteiger partial charge in [0.25, 0.3) is 5.56 Å². The third kappa shape index (κ3) is 6.83. The van der Waals surface area contributed by atoms with Gasteiger partial charge in [-0.05, 0) is 54.4 Å².